The van der Waals surface area contributed by atoms with Crippen molar-refractivity contribution in [3.63, 3.8) is 0 Å². The Balaban J connectivity index is 2.47. The summed E-state index contributed by atoms with van der Waals surface area (Å²) in [5.74, 6) is 0.184. The Kier molecular flexibility index (Phi) is 5.31. The van der Waals surface area contributed by atoms with E-state index in [1.165, 1.54) is 11.3 Å². The number of thiophene rings is 1. The van der Waals surface area contributed by atoms with E-state index in [4.69, 9.17) is 4.74 Å². The molecule has 6 nitrogen and oxygen atoms in total. The molecule has 0 radical (unpaired) electrons. The molecule has 2 N–H and O–H groups in total. The summed E-state index contributed by atoms with van der Waals surface area (Å²) >= 11 is 1.21. The minimum absolute atomic E-state index is 0.0505. The first-order chi connectivity index (χ1) is 10.5. The van der Waals surface area contributed by atoms with Gasteiger partial charge < -0.3 is 15.0 Å². The molecule has 0 spiro atoms. The van der Waals surface area contributed by atoms with Crippen LogP contribution in [0.1, 0.15) is 54.3 Å². The van der Waals surface area contributed by atoms with E-state index < -0.39 is 5.97 Å². The number of aryl methyl sites for hydroxylation is 1. The number of fused-ring (bicyclic) bond motifs is 1. The van der Waals surface area contributed by atoms with Crippen LogP contribution in [0.5, 0.6) is 0 Å². The molecular formula is C15H21N3O3S. The molecule has 0 aromatic carbocycles. The van der Waals surface area contributed by atoms with E-state index >= 15 is 0 Å². The van der Waals surface area contributed by atoms with Crippen molar-refractivity contribution in [1.29, 1.82) is 0 Å². The number of H-pyrrole nitrogens is 1. The summed E-state index contributed by atoms with van der Waals surface area (Å²) in [6.07, 6.45) is 1.00. The number of carbonyl (C=O) groups is 1. The lowest BCUT2D eigenvalue weighted by atomic mass is 10.2. The van der Waals surface area contributed by atoms with Gasteiger partial charge in [0.05, 0.1) is 18.0 Å². The first-order valence-electron chi connectivity index (χ1n) is 7.43. The summed E-state index contributed by atoms with van der Waals surface area (Å²) in [7, 11) is 0. The quantitative estimate of drug-likeness (QED) is 0.798. The molecule has 0 saturated heterocycles. The third-order valence-corrected chi connectivity index (χ3v) is 4.56. The Morgan fingerprint density at radius 1 is 1.45 bits per heavy atom. The van der Waals surface area contributed by atoms with E-state index in [0.717, 1.165) is 13.0 Å². The molecule has 0 aliphatic heterocycles. The van der Waals surface area contributed by atoms with Crippen molar-refractivity contribution in [2.45, 2.75) is 40.2 Å². The number of ether oxygens (including phenoxy) is 1. The number of hydrogen-bond donors (Lipinski definition) is 2. The van der Waals surface area contributed by atoms with Gasteiger partial charge in [0.25, 0.3) is 5.56 Å². The fraction of sp³-hybridized carbons (Fsp3) is 0.533. The van der Waals surface area contributed by atoms with Crippen LogP contribution in [-0.2, 0) is 4.74 Å². The van der Waals surface area contributed by atoms with E-state index in [9.17, 15) is 9.59 Å². The number of rotatable bonds is 6. The van der Waals surface area contributed by atoms with Gasteiger partial charge >= 0.3 is 5.97 Å². The molecule has 1 atom stereocenters. The predicted octanol–water partition coefficient (Wildman–Crippen LogP) is 2.53. The molecule has 0 aliphatic rings. The van der Waals surface area contributed by atoms with Crippen LogP contribution in [0.15, 0.2) is 4.79 Å². The second-order valence-electron chi connectivity index (χ2n) is 5.08. The zero-order valence-electron chi connectivity index (χ0n) is 13.3. The number of esters is 1. The van der Waals surface area contributed by atoms with Crippen LogP contribution in [0.4, 0.5) is 0 Å². The molecule has 0 saturated carbocycles. The van der Waals surface area contributed by atoms with E-state index in [1.807, 2.05) is 6.92 Å². The lowest BCUT2D eigenvalue weighted by Crippen LogP contribution is -2.24. The van der Waals surface area contributed by atoms with Gasteiger partial charge in [-0.05, 0) is 39.3 Å². The molecule has 22 heavy (non-hydrogen) atoms. The Morgan fingerprint density at radius 3 is 2.82 bits per heavy atom. The van der Waals surface area contributed by atoms with Gasteiger partial charge in [-0.25, -0.2) is 9.78 Å². The van der Waals surface area contributed by atoms with Gasteiger partial charge in [-0.1, -0.05) is 6.92 Å². The summed E-state index contributed by atoms with van der Waals surface area (Å²) in [5.41, 5.74) is 0.419. The maximum absolute atomic E-state index is 12.3. The highest BCUT2D eigenvalue weighted by atomic mass is 32.1. The molecule has 2 heterocycles. The highest BCUT2D eigenvalue weighted by Crippen LogP contribution is 2.28. The largest absolute Gasteiger partial charge is 0.462 e. The van der Waals surface area contributed by atoms with Crippen molar-refractivity contribution in [1.82, 2.24) is 15.3 Å². The lowest BCUT2D eigenvalue weighted by Gasteiger charge is -2.11. The number of carbonyl (C=O) groups excluding carboxylic acids is 1. The fourth-order valence-corrected chi connectivity index (χ4v) is 3.30. The van der Waals surface area contributed by atoms with Gasteiger partial charge in [0, 0.05) is 0 Å². The van der Waals surface area contributed by atoms with Gasteiger partial charge in [-0.2, -0.15) is 0 Å². The van der Waals surface area contributed by atoms with Gasteiger partial charge in [-0.3, -0.25) is 4.79 Å². The van der Waals surface area contributed by atoms with E-state index in [0.29, 0.717) is 33.1 Å². The fourth-order valence-electron chi connectivity index (χ4n) is 2.21. The molecular weight excluding hydrogens is 302 g/mol. The maximum atomic E-state index is 12.3. The summed E-state index contributed by atoms with van der Waals surface area (Å²) in [4.78, 5) is 32.6. The van der Waals surface area contributed by atoms with Gasteiger partial charge in [0.1, 0.15) is 15.5 Å². The van der Waals surface area contributed by atoms with E-state index in [2.05, 4.69) is 22.2 Å². The van der Waals surface area contributed by atoms with Crippen LogP contribution in [0.25, 0.3) is 10.2 Å². The van der Waals surface area contributed by atoms with E-state index in [1.54, 1.807) is 13.8 Å². The van der Waals surface area contributed by atoms with Crippen LogP contribution in [0.2, 0.25) is 0 Å². The molecule has 2 rings (SSSR count). The van der Waals surface area contributed by atoms with Crippen molar-refractivity contribution in [3.8, 4) is 0 Å². The van der Waals surface area contributed by atoms with E-state index in [-0.39, 0.29) is 11.6 Å². The molecule has 0 fully saturated rings. The topological polar surface area (TPSA) is 84.1 Å². The second kappa shape index (κ2) is 7.02. The average molecular weight is 323 g/mol. The zero-order valence-corrected chi connectivity index (χ0v) is 14.1. The third-order valence-electron chi connectivity index (χ3n) is 3.39. The normalized spacial score (nSPS) is 12.5. The first-order valence-corrected chi connectivity index (χ1v) is 8.25. The standard InChI is InChI=1S/C15H21N3O3S/c1-5-7-16-9(4)12-17-13(19)10-8(3)11(15(20)21-6-2)22-14(10)18-12/h9,16H,5-7H2,1-4H3,(H,17,18,19)/t9-/m0/s1. The van der Waals surface area contributed by atoms with Crippen molar-refractivity contribution < 1.29 is 9.53 Å². The van der Waals surface area contributed by atoms with Crippen LogP contribution in [0.3, 0.4) is 0 Å². The summed E-state index contributed by atoms with van der Waals surface area (Å²) in [6.45, 7) is 8.69. The second-order valence-corrected chi connectivity index (χ2v) is 6.08. The predicted molar refractivity (Wildman–Crippen MR) is 87.6 cm³/mol. The summed E-state index contributed by atoms with van der Waals surface area (Å²) < 4.78 is 5.03. The lowest BCUT2D eigenvalue weighted by molar-refractivity contribution is 0.0531. The molecule has 120 valence electrons. The molecule has 7 heteroatoms. The summed E-state index contributed by atoms with van der Waals surface area (Å²) in [5, 5.41) is 3.76. The SMILES string of the molecule is CCCN[C@@H](C)c1nc2sc(C(=O)OCC)c(C)c2c(=O)[nH]1. The van der Waals surface area contributed by atoms with Crippen LogP contribution >= 0.6 is 11.3 Å². The van der Waals surface area contributed by atoms with Gasteiger partial charge in [0.2, 0.25) is 0 Å². The Morgan fingerprint density at radius 2 is 2.18 bits per heavy atom. The molecule has 2 aromatic heterocycles. The Labute approximate surface area is 132 Å². The Hall–Kier alpha value is -1.73. The molecule has 0 aliphatic carbocycles. The first kappa shape index (κ1) is 16.6. The monoisotopic (exact) mass is 323 g/mol. The molecule has 0 unspecified atom stereocenters. The van der Waals surface area contributed by atoms with Gasteiger partial charge in [0.15, 0.2) is 0 Å². The third kappa shape index (κ3) is 3.20. The smallest absolute Gasteiger partial charge is 0.348 e. The molecule has 2 aromatic rings. The highest BCUT2D eigenvalue weighted by molar-refractivity contribution is 7.20. The minimum Gasteiger partial charge on any atom is -0.462 e. The number of aromatic nitrogens is 2. The number of nitrogens with one attached hydrogen (secondary N) is 2. The van der Waals surface area contributed by atoms with Gasteiger partial charge in [-0.15, -0.1) is 11.3 Å². The highest BCUT2D eigenvalue weighted by Gasteiger charge is 2.21. The molecule has 0 bridgehead atoms. The number of aromatic amines is 1. The van der Waals surface area contributed by atoms with Crippen molar-refractivity contribution >= 4 is 27.5 Å². The van der Waals surface area contributed by atoms with Crippen molar-refractivity contribution in [2.75, 3.05) is 13.2 Å². The number of nitrogens with zero attached hydrogens (tertiary/aromatic N) is 1. The minimum atomic E-state index is -0.402. The van der Waals surface area contributed by atoms with Crippen LogP contribution in [0, 0.1) is 6.92 Å². The summed E-state index contributed by atoms with van der Waals surface area (Å²) in [6, 6.07) is -0.0505. The number of hydrogen-bond acceptors (Lipinski definition) is 6. The van der Waals surface area contributed by atoms with Crippen molar-refractivity contribution in [3.05, 3.63) is 26.6 Å². The van der Waals surface area contributed by atoms with Crippen LogP contribution in [-0.4, -0.2) is 29.1 Å². The maximum Gasteiger partial charge on any atom is 0.348 e. The van der Waals surface area contributed by atoms with Crippen LogP contribution < -0.4 is 10.9 Å². The molecule has 0 amide bonds. The average Bonchev–Trinajstić information content (AvgIpc) is 2.82. The Bertz CT molecular complexity index is 735. The zero-order chi connectivity index (χ0) is 16.3. The van der Waals surface area contributed by atoms with Crippen molar-refractivity contribution in [2.24, 2.45) is 0 Å².